The van der Waals surface area contributed by atoms with Gasteiger partial charge in [-0.3, -0.25) is 9.48 Å². The molecule has 0 radical (unpaired) electrons. The SMILES string of the molecule is C=Cc1cc(F)c2c(C(=O)Nc3ccc(OC(F)(F)F)cc3)nn(C)c2c1. The van der Waals surface area contributed by atoms with Crippen molar-refractivity contribution in [3.8, 4) is 5.75 Å². The van der Waals surface area contributed by atoms with E-state index >= 15 is 0 Å². The van der Waals surface area contributed by atoms with Crippen LogP contribution in [-0.2, 0) is 7.05 Å². The Morgan fingerprint density at radius 1 is 1.26 bits per heavy atom. The quantitative estimate of drug-likeness (QED) is 0.679. The molecular weight excluding hydrogens is 366 g/mol. The zero-order valence-electron chi connectivity index (χ0n) is 14.0. The number of halogens is 4. The first-order chi connectivity index (χ1) is 12.7. The normalized spacial score (nSPS) is 11.4. The lowest BCUT2D eigenvalue weighted by Crippen LogP contribution is -2.17. The fourth-order valence-electron chi connectivity index (χ4n) is 2.56. The Morgan fingerprint density at radius 3 is 2.52 bits per heavy atom. The minimum absolute atomic E-state index is 0.0395. The first-order valence-electron chi connectivity index (χ1n) is 7.64. The summed E-state index contributed by atoms with van der Waals surface area (Å²) in [6.07, 6.45) is -3.33. The summed E-state index contributed by atoms with van der Waals surface area (Å²) in [5, 5.41) is 6.56. The Balaban J connectivity index is 1.87. The van der Waals surface area contributed by atoms with Crippen LogP contribution in [0.25, 0.3) is 17.0 Å². The fraction of sp³-hybridized carbons (Fsp3) is 0.111. The van der Waals surface area contributed by atoms with Crippen LogP contribution in [0.3, 0.4) is 0 Å². The second kappa shape index (κ2) is 6.75. The molecular formula is C18H13F4N3O2. The number of carbonyl (C=O) groups excluding carboxylic acids is 1. The third-order valence-corrected chi connectivity index (χ3v) is 3.72. The predicted molar refractivity (Wildman–Crippen MR) is 91.8 cm³/mol. The highest BCUT2D eigenvalue weighted by Crippen LogP contribution is 2.26. The van der Waals surface area contributed by atoms with Gasteiger partial charge in [0.1, 0.15) is 11.6 Å². The Hall–Kier alpha value is -3.36. The number of nitrogens with one attached hydrogen (secondary N) is 1. The lowest BCUT2D eigenvalue weighted by molar-refractivity contribution is -0.274. The summed E-state index contributed by atoms with van der Waals surface area (Å²) in [6.45, 7) is 3.58. The molecule has 0 saturated carbocycles. The van der Waals surface area contributed by atoms with Gasteiger partial charge >= 0.3 is 6.36 Å². The summed E-state index contributed by atoms with van der Waals surface area (Å²) in [5.74, 6) is -1.75. The third kappa shape index (κ3) is 3.91. The third-order valence-electron chi connectivity index (χ3n) is 3.72. The van der Waals surface area contributed by atoms with Gasteiger partial charge in [-0.05, 0) is 42.0 Å². The van der Waals surface area contributed by atoms with Crippen LogP contribution < -0.4 is 10.1 Å². The zero-order chi connectivity index (χ0) is 19.8. The van der Waals surface area contributed by atoms with Crippen molar-refractivity contribution in [1.29, 1.82) is 0 Å². The summed E-state index contributed by atoms with van der Waals surface area (Å²) in [6, 6.07) is 7.44. The molecule has 1 N–H and O–H groups in total. The second-order valence-electron chi connectivity index (χ2n) is 5.60. The number of hydrogen-bond donors (Lipinski definition) is 1. The van der Waals surface area contributed by atoms with E-state index in [2.05, 4.69) is 21.7 Å². The summed E-state index contributed by atoms with van der Waals surface area (Å²) < 4.78 is 56.0. The molecule has 0 spiro atoms. The van der Waals surface area contributed by atoms with Crippen LogP contribution in [0.4, 0.5) is 23.2 Å². The van der Waals surface area contributed by atoms with Crippen molar-refractivity contribution in [1.82, 2.24) is 9.78 Å². The second-order valence-corrected chi connectivity index (χ2v) is 5.60. The molecule has 1 amide bonds. The van der Waals surface area contributed by atoms with Gasteiger partial charge in [0.05, 0.1) is 10.9 Å². The topological polar surface area (TPSA) is 56.1 Å². The van der Waals surface area contributed by atoms with Crippen molar-refractivity contribution in [3.05, 3.63) is 60.1 Å². The van der Waals surface area contributed by atoms with Gasteiger partial charge in [0.15, 0.2) is 5.69 Å². The number of aromatic nitrogens is 2. The highest BCUT2D eigenvalue weighted by molar-refractivity contribution is 6.11. The number of fused-ring (bicyclic) bond motifs is 1. The van der Waals surface area contributed by atoms with Crippen LogP contribution in [0.15, 0.2) is 43.0 Å². The predicted octanol–water partition coefficient (Wildman–Crippen LogP) is 4.51. The summed E-state index contributed by atoms with van der Waals surface area (Å²) in [7, 11) is 1.56. The standard InChI is InChI=1S/C18H13F4N3O2/c1-3-10-8-13(19)15-14(9-10)25(2)24-16(15)17(26)23-11-4-6-12(7-5-11)27-18(20,21)22/h3-9H,1H2,2H3,(H,23,26). The van der Waals surface area contributed by atoms with E-state index in [1.165, 1.54) is 29.0 Å². The molecule has 0 bridgehead atoms. The van der Waals surface area contributed by atoms with E-state index in [-0.39, 0.29) is 16.8 Å². The molecule has 0 aliphatic heterocycles. The average molecular weight is 379 g/mol. The van der Waals surface area contributed by atoms with Crippen LogP contribution in [0.2, 0.25) is 0 Å². The highest BCUT2D eigenvalue weighted by atomic mass is 19.4. The van der Waals surface area contributed by atoms with Gasteiger partial charge in [-0.1, -0.05) is 12.7 Å². The number of benzene rings is 2. The van der Waals surface area contributed by atoms with Crippen LogP contribution in [0.1, 0.15) is 16.1 Å². The monoisotopic (exact) mass is 379 g/mol. The number of carbonyl (C=O) groups is 1. The molecule has 3 rings (SSSR count). The number of ether oxygens (including phenoxy) is 1. The van der Waals surface area contributed by atoms with E-state index in [0.29, 0.717) is 11.1 Å². The summed E-state index contributed by atoms with van der Waals surface area (Å²) >= 11 is 0. The lowest BCUT2D eigenvalue weighted by Gasteiger charge is -2.09. The first-order valence-corrected chi connectivity index (χ1v) is 7.64. The van der Waals surface area contributed by atoms with Crippen molar-refractivity contribution in [3.63, 3.8) is 0 Å². The minimum Gasteiger partial charge on any atom is -0.406 e. The van der Waals surface area contributed by atoms with Crippen molar-refractivity contribution in [2.75, 3.05) is 5.32 Å². The molecule has 5 nitrogen and oxygen atoms in total. The Bertz CT molecular complexity index is 1020. The van der Waals surface area contributed by atoms with E-state index < -0.39 is 23.8 Å². The van der Waals surface area contributed by atoms with E-state index in [1.54, 1.807) is 13.1 Å². The molecule has 140 valence electrons. The van der Waals surface area contributed by atoms with E-state index in [0.717, 1.165) is 12.1 Å². The molecule has 0 aliphatic carbocycles. The molecule has 0 fully saturated rings. The molecule has 3 aromatic rings. The number of anilines is 1. The van der Waals surface area contributed by atoms with Crippen LogP contribution >= 0.6 is 0 Å². The first kappa shape index (κ1) is 18.4. The lowest BCUT2D eigenvalue weighted by atomic mass is 10.1. The van der Waals surface area contributed by atoms with Crippen LogP contribution in [0, 0.1) is 5.82 Å². The van der Waals surface area contributed by atoms with Gasteiger partial charge in [-0.15, -0.1) is 13.2 Å². The molecule has 1 aromatic heterocycles. The van der Waals surface area contributed by atoms with Crippen LogP contribution in [-0.4, -0.2) is 22.1 Å². The molecule has 0 atom stereocenters. The highest BCUT2D eigenvalue weighted by Gasteiger charge is 2.31. The maximum Gasteiger partial charge on any atom is 0.573 e. The molecule has 1 heterocycles. The molecule has 0 aliphatic rings. The van der Waals surface area contributed by atoms with E-state index in [9.17, 15) is 22.4 Å². The zero-order valence-corrected chi connectivity index (χ0v) is 14.0. The average Bonchev–Trinajstić information content (AvgIpc) is 2.93. The molecule has 2 aromatic carbocycles. The van der Waals surface area contributed by atoms with Crippen molar-refractivity contribution >= 4 is 28.6 Å². The molecule has 0 saturated heterocycles. The van der Waals surface area contributed by atoms with Crippen molar-refractivity contribution < 1.29 is 27.1 Å². The number of hydrogen-bond acceptors (Lipinski definition) is 3. The minimum atomic E-state index is -4.81. The van der Waals surface area contributed by atoms with Gasteiger partial charge < -0.3 is 10.1 Å². The smallest absolute Gasteiger partial charge is 0.406 e. The molecule has 9 heteroatoms. The maximum atomic E-state index is 14.4. The summed E-state index contributed by atoms with van der Waals surface area (Å²) in [5.41, 5.74) is 1.01. The van der Waals surface area contributed by atoms with Gasteiger partial charge in [0.2, 0.25) is 0 Å². The van der Waals surface area contributed by atoms with Crippen molar-refractivity contribution in [2.45, 2.75) is 6.36 Å². The largest absolute Gasteiger partial charge is 0.573 e. The molecule has 0 unspecified atom stereocenters. The van der Waals surface area contributed by atoms with Gasteiger partial charge in [0.25, 0.3) is 5.91 Å². The van der Waals surface area contributed by atoms with E-state index in [4.69, 9.17) is 0 Å². The number of rotatable bonds is 4. The van der Waals surface area contributed by atoms with Crippen molar-refractivity contribution in [2.24, 2.45) is 7.05 Å². The Labute approximate surface area is 150 Å². The van der Waals surface area contributed by atoms with Gasteiger partial charge in [-0.2, -0.15) is 5.10 Å². The summed E-state index contributed by atoms with van der Waals surface area (Å²) in [4.78, 5) is 12.5. The number of amides is 1. The number of aryl methyl sites for hydroxylation is 1. The van der Waals surface area contributed by atoms with Gasteiger partial charge in [0, 0.05) is 12.7 Å². The number of alkyl halides is 3. The molecule has 27 heavy (non-hydrogen) atoms. The van der Waals surface area contributed by atoms with Gasteiger partial charge in [-0.25, -0.2) is 4.39 Å². The fourth-order valence-corrected chi connectivity index (χ4v) is 2.56. The Morgan fingerprint density at radius 2 is 1.93 bits per heavy atom. The Kier molecular flexibility index (Phi) is 4.61. The number of nitrogens with zero attached hydrogens (tertiary/aromatic N) is 2. The van der Waals surface area contributed by atoms with Crippen LogP contribution in [0.5, 0.6) is 5.75 Å². The van der Waals surface area contributed by atoms with E-state index in [1.807, 2.05) is 0 Å². The maximum absolute atomic E-state index is 14.4.